The van der Waals surface area contributed by atoms with E-state index >= 15 is 0 Å². The van der Waals surface area contributed by atoms with Gasteiger partial charge in [0.25, 0.3) is 0 Å². The molecule has 1 heterocycles. The molecule has 24 heavy (non-hydrogen) atoms. The van der Waals surface area contributed by atoms with E-state index in [1.165, 1.54) is 36.8 Å². The van der Waals surface area contributed by atoms with Crippen LogP contribution in [0.5, 0.6) is 0 Å². The van der Waals surface area contributed by atoms with Crippen molar-refractivity contribution in [2.24, 2.45) is 29.1 Å². The fourth-order valence-electron chi connectivity index (χ4n) is 6.74. The number of hydrogen-bond donors (Lipinski definition) is 1. The van der Waals surface area contributed by atoms with Crippen LogP contribution >= 0.6 is 11.3 Å². The van der Waals surface area contributed by atoms with Crippen molar-refractivity contribution < 1.29 is 0 Å². The van der Waals surface area contributed by atoms with Crippen LogP contribution in [-0.4, -0.2) is 10.5 Å². The summed E-state index contributed by atoms with van der Waals surface area (Å²) in [6.45, 7) is 7.40. The summed E-state index contributed by atoms with van der Waals surface area (Å²) in [7, 11) is 0. The Hall–Kier alpha value is -1.09. The van der Waals surface area contributed by atoms with Crippen molar-refractivity contribution in [2.45, 2.75) is 58.4 Å². The molecule has 3 heteroatoms. The van der Waals surface area contributed by atoms with Crippen LogP contribution in [0.25, 0.3) is 10.2 Å². The van der Waals surface area contributed by atoms with Crippen LogP contribution in [0.4, 0.5) is 5.13 Å². The number of benzene rings is 1. The highest BCUT2D eigenvalue weighted by atomic mass is 32.1. The molecule has 6 rings (SSSR count). The van der Waals surface area contributed by atoms with Crippen molar-refractivity contribution in [1.82, 2.24) is 4.98 Å². The predicted molar refractivity (Wildman–Crippen MR) is 102 cm³/mol. The molecule has 4 saturated carbocycles. The van der Waals surface area contributed by atoms with Crippen molar-refractivity contribution in [2.75, 3.05) is 5.32 Å². The van der Waals surface area contributed by atoms with Crippen LogP contribution in [0.15, 0.2) is 24.3 Å². The lowest BCUT2D eigenvalue weighted by atomic mass is 9.45. The minimum atomic E-state index is 0.326. The van der Waals surface area contributed by atoms with Crippen LogP contribution in [0.3, 0.4) is 0 Å². The maximum absolute atomic E-state index is 4.86. The molecule has 4 aliphatic rings. The maximum atomic E-state index is 4.86. The summed E-state index contributed by atoms with van der Waals surface area (Å²) in [5, 5.41) is 5.10. The van der Waals surface area contributed by atoms with Gasteiger partial charge in [-0.15, -0.1) is 0 Å². The Morgan fingerprint density at radius 1 is 1.08 bits per heavy atom. The number of aromatic nitrogens is 1. The van der Waals surface area contributed by atoms with E-state index in [1.54, 1.807) is 0 Å². The van der Waals surface area contributed by atoms with Crippen LogP contribution in [0.1, 0.15) is 52.9 Å². The Bertz CT molecular complexity index is 722. The number of para-hydroxylation sites is 1. The SMILES string of the molecule is CC(C)(C)C1C2CC3CC1CC(Nc1nc4ccccc4s1)(C3)C2. The molecule has 0 aliphatic heterocycles. The van der Waals surface area contributed by atoms with E-state index in [1.807, 2.05) is 11.3 Å². The molecule has 0 spiro atoms. The lowest BCUT2D eigenvalue weighted by molar-refractivity contribution is -0.0857. The third-order valence-corrected chi connectivity index (χ3v) is 7.89. The monoisotopic (exact) mass is 340 g/mol. The predicted octanol–water partition coefficient (Wildman–Crippen LogP) is 5.95. The third kappa shape index (κ3) is 2.31. The highest BCUT2D eigenvalue weighted by molar-refractivity contribution is 7.22. The molecule has 2 aromatic rings. The summed E-state index contributed by atoms with van der Waals surface area (Å²) in [4.78, 5) is 4.86. The molecular weight excluding hydrogens is 312 g/mol. The molecule has 128 valence electrons. The Morgan fingerprint density at radius 2 is 1.79 bits per heavy atom. The first-order valence-electron chi connectivity index (χ1n) is 9.56. The first-order valence-corrected chi connectivity index (χ1v) is 10.4. The Morgan fingerprint density at radius 3 is 2.46 bits per heavy atom. The van der Waals surface area contributed by atoms with E-state index in [0.29, 0.717) is 11.0 Å². The lowest BCUT2D eigenvalue weighted by Crippen LogP contribution is -2.60. The average Bonchev–Trinajstić information content (AvgIpc) is 2.85. The molecule has 0 radical (unpaired) electrons. The summed E-state index contributed by atoms with van der Waals surface area (Å²) in [6, 6.07) is 8.52. The second-order valence-electron chi connectivity index (χ2n) is 9.75. The molecule has 2 unspecified atom stereocenters. The van der Waals surface area contributed by atoms with Crippen molar-refractivity contribution in [1.29, 1.82) is 0 Å². The number of hydrogen-bond acceptors (Lipinski definition) is 3. The Kier molecular flexibility index (Phi) is 3.14. The fraction of sp³-hybridized carbons (Fsp3) is 0.667. The van der Waals surface area contributed by atoms with Crippen LogP contribution < -0.4 is 5.32 Å². The molecule has 4 aliphatic carbocycles. The fourth-order valence-corrected chi connectivity index (χ4v) is 7.73. The number of thiazole rings is 1. The van der Waals surface area contributed by atoms with E-state index in [0.717, 1.165) is 34.3 Å². The standard InChI is InChI=1S/C21H28N2S/c1-20(2,3)18-14-8-13-9-15(18)12-21(10-13,11-14)23-19-22-16-6-4-5-7-17(16)24-19/h4-7,13-15,18H,8-12H2,1-3H3,(H,22,23). The van der Waals surface area contributed by atoms with Gasteiger partial charge >= 0.3 is 0 Å². The van der Waals surface area contributed by atoms with E-state index in [-0.39, 0.29) is 0 Å². The summed E-state index contributed by atoms with van der Waals surface area (Å²) in [5.41, 5.74) is 1.92. The maximum Gasteiger partial charge on any atom is 0.184 e. The number of nitrogens with zero attached hydrogens (tertiary/aromatic N) is 1. The van der Waals surface area contributed by atoms with E-state index in [9.17, 15) is 0 Å². The van der Waals surface area contributed by atoms with Crippen LogP contribution in [-0.2, 0) is 0 Å². The molecule has 2 nitrogen and oxygen atoms in total. The zero-order chi connectivity index (χ0) is 16.5. The molecule has 1 aromatic heterocycles. The topological polar surface area (TPSA) is 24.9 Å². The Balaban J connectivity index is 1.45. The summed E-state index contributed by atoms with van der Waals surface area (Å²) < 4.78 is 1.30. The van der Waals surface area contributed by atoms with Gasteiger partial charge in [-0.2, -0.15) is 0 Å². The van der Waals surface area contributed by atoms with E-state index < -0.39 is 0 Å². The number of nitrogens with one attached hydrogen (secondary N) is 1. The first kappa shape index (κ1) is 15.2. The van der Waals surface area contributed by atoms with Crippen LogP contribution in [0.2, 0.25) is 0 Å². The van der Waals surface area contributed by atoms with Gasteiger partial charge < -0.3 is 5.32 Å². The van der Waals surface area contributed by atoms with Gasteiger partial charge in [-0.05, 0) is 73.3 Å². The highest BCUT2D eigenvalue weighted by Gasteiger charge is 2.57. The highest BCUT2D eigenvalue weighted by Crippen LogP contribution is 2.62. The largest absolute Gasteiger partial charge is 0.356 e. The molecule has 0 amide bonds. The van der Waals surface area contributed by atoms with Gasteiger partial charge in [0.15, 0.2) is 5.13 Å². The van der Waals surface area contributed by atoms with Crippen molar-refractivity contribution in [3.63, 3.8) is 0 Å². The molecule has 1 N–H and O–H groups in total. The van der Waals surface area contributed by atoms with Crippen LogP contribution in [0, 0.1) is 29.1 Å². The smallest absolute Gasteiger partial charge is 0.184 e. The number of anilines is 1. The summed E-state index contributed by atoms with van der Waals surface area (Å²) in [5.74, 6) is 3.69. The molecule has 2 atom stereocenters. The molecule has 1 aromatic carbocycles. The quantitative estimate of drug-likeness (QED) is 0.731. The second-order valence-corrected chi connectivity index (χ2v) is 10.8. The number of fused-ring (bicyclic) bond motifs is 1. The first-order chi connectivity index (χ1) is 11.4. The van der Waals surface area contributed by atoms with Gasteiger partial charge in [-0.1, -0.05) is 44.2 Å². The lowest BCUT2D eigenvalue weighted by Gasteiger charge is -2.63. The Labute approximate surface area is 149 Å². The van der Waals surface area contributed by atoms with Gasteiger partial charge in [0, 0.05) is 5.54 Å². The molecule has 4 fully saturated rings. The minimum absolute atomic E-state index is 0.326. The average molecular weight is 341 g/mol. The molecule has 4 bridgehead atoms. The van der Waals surface area contributed by atoms with E-state index in [2.05, 4.69) is 50.4 Å². The van der Waals surface area contributed by atoms with Crippen molar-refractivity contribution in [3.8, 4) is 0 Å². The number of rotatable bonds is 2. The van der Waals surface area contributed by atoms with Gasteiger partial charge in [0.05, 0.1) is 10.2 Å². The van der Waals surface area contributed by atoms with Crippen molar-refractivity contribution >= 4 is 26.7 Å². The minimum Gasteiger partial charge on any atom is -0.356 e. The van der Waals surface area contributed by atoms with Crippen molar-refractivity contribution in [3.05, 3.63) is 24.3 Å². The zero-order valence-corrected chi connectivity index (χ0v) is 15.8. The zero-order valence-electron chi connectivity index (χ0n) is 15.0. The second kappa shape index (κ2) is 4.97. The summed E-state index contributed by atoms with van der Waals surface area (Å²) in [6.07, 6.45) is 7.03. The van der Waals surface area contributed by atoms with Gasteiger partial charge in [-0.3, -0.25) is 0 Å². The third-order valence-electron chi connectivity index (χ3n) is 6.94. The van der Waals surface area contributed by atoms with E-state index in [4.69, 9.17) is 4.98 Å². The van der Waals surface area contributed by atoms with Gasteiger partial charge in [0.2, 0.25) is 0 Å². The summed E-state index contributed by atoms with van der Waals surface area (Å²) >= 11 is 1.83. The molecule has 0 saturated heterocycles. The van der Waals surface area contributed by atoms with Gasteiger partial charge in [-0.25, -0.2) is 4.98 Å². The van der Waals surface area contributed by atoms with Gasteiger partial charge in [0.1, 0.15) is 0 Å². The molecular formula is C21H28N2S. The normalized spacial score (nSPS) is 38.0.